The van der Waals surface area contributed by atoms with E-state index in [-0.39, 0.29) is 11.3 Å². The number of amides is 1. The van der Waals surface area contributed by atoms with E-state index in [9.17, 15) is 4.79 Å². The van der Waals surface area contributed by atoms with Crippen LogP contribution in [0.3, 0.4) is 0 Å². The Morgan fingerprint density at radius 3 is 2.80 bits per heavy atom. The van der Waals surface area contributed by atoms with E-state index in [1.807, 2.05) is 6.07 Å². The summed E-state index contributed by atoms with van der Waals surface area (Å²) in [6.45, 7) is 5.25. The van der Waals surface area contributed by atoms with Gasteiger partial charge < -0.3 is 15.5 Å². The standard InChI is InChI=1S/C14H23N5O/c1-14(7-4-8-15-9-14)10-16-12-6-5-11(17-18-12)13(20)19(2)3/h5-6,15H,4,7-10H2,1-3H3,(H,16,18). The Bertz CT molecular complexity index is 451. The van der Waals surface area contributed by atoms with E-state index < -0.39 is 0 Å². The largest absolute Gasteiger partial charge is 0.368 e. The van der Waals surface area contributed by atoms with Gasteiger partial charge in [0.15, 0.2) is 5.69 Å². The number of anilines is 1. The highest BCUT2D eigenvalue weighted by Crippen LogP contribution is 2.25. The van der Waals surface area contributed by atoms with Gasteiger partial charge in [-0.2, -0.15) is 0 Å². The topological polar surface area (TPSA) is 70.2 Å². The predicted octanol–water partition coefficient (Wildman–Crippen LogP) is 0.980. The van der Waals surface area contributed by atoms with Crippen LogP contribution in [0.15, 0.2) is 12.1 Å². The Balaban J connectivity index is 1.92. The van der Waals surface area contributed by atoms with E-state index in [0.29, 0.717) is 11.5 Å². The van der Waals surface area contributed by atoms with Crippen LogP contribution in [0.1, 0.15) is 30.3 Å². The van der Waals surface area contributed by atoms with Crippen molar-refractivity contribution in [1.82, 2.24) is 20.4 Å². The highest BCUT2D eigenvalue weighted by Gasteiger charge is 2.26. The molecule has 1 amide bonds. The molecule has 0 spiro atoms. The fourth-order valence-electron chi connectivity index (χ4n) is 2.34. The zero-order valence-electron chi connectivity index (χ0n) is 12.4. The number of nitrogens with zero attached hydrogens (tertiary/aromatic N) is 3. The quantitative estimate of drug-likeness (QED) is 0.858. The number of carbonyl (C=O) groups is 1. The molecule has 110 valence electrons. The molecule has 2 heterocycles. The number of piperidine rings is 1. The van der Waals surface area contributed by atoms with Crippen molar-refractivity contribution in [1.29, 1.82) is 0 Å². The molecule has 6 nitrogen and oxygen atoms in total. The van der Waals surface area contributed by atoms with Gasteiger partial charge in [-0.25, -0.2) is 0 Å². The molecule has 6 heteroatoms. The van der Waals surface area contributed by atoms with Crippen LogP contribution in [0.2, 0.25) is 0 Å². The van der Waals surface area contributed by atoms with Gasteiger partial charge in [-0.05, 0) is 36.9 Å². The molecule has 1 aliphatic heterocycles. The molecule has 1 fully saturated rings. The van der Waals surface area contributed by atoms with E-state index >= 15 is 0 Å². The van der Waals surface area contributed by atoms with Gasteiger partial charge in [-0.15, -0.1) is 10.2 Å². The van der Waals surface area contributed by atoms with Crippen molar-refractivity contribution in [2.75, 3.05) is 39.0 Å². The van der Waals surface area contributed by atoms with Crippen LogP contribution in [-0.2, 0) is 0 Å². The highest BCUT2D eigenvalue weighted by molar-refractivity contribution is 5.91. The maximum Gasteiger partial charge on any atom is 0.273 e. The first-order valence-corrected chi connectivity index (χ1v) is 7.00. The minimum atomic E-state index is -0.132. The van der Waals surface area contributed by atoms with Crippen LogP contribution >= 0.6 is 0 Å². The second kappa shape index (κ2) is 6.17. The summed E-state index contributed by atoms with van der Waals surface area (Å²) < 4.78 is 0. The monoisotopic (exact) mass is 277 g/mol. The van der Waals surface area contributed by atoms with E-state index in [1.165, 1.54) is 17.7 Å². The van der Waals surface area contributed by atoms with Crippen molar-refractivity contribution in [3.05, 3.63) is 17.8 Å². The first-order valence-electron chi connectivity index (χ1n) is 7.00. The third kappa shape index (κ3) is 3.66. The lowest BCUT2D eigenvalue weighted by Gasteiger charge is -2.34. The van der Waals surface area contributed by atoms with Crippen molar-refractivity contribution in [3.63, 3.8) is 0 Å². The van der Waals surface area contributed by atoms with Crippen molar-refractivity contribution < 1.29 is 4.79 Å². The van der Waals surface area contributed by atoms with Gasteiger partial charge in [0, 0.05) is 27.2 Å². The number of carbonyl (C=O) groups excluding carboxylic acids is 1. The third-order valence-corrected chi connectivity index (χ3v) is 3.67. The van der Waals surface area contributed by atoms with Gasteiger partial charge >= 0.3 is 0 Å². The second-order valence-electron chi connectivity index (χ2n) is 5.95. The summed E-state index contributed by atoms with van der Waals surface area (Å²) in [6.07, 6.45) is 2.41. The number of hydrogen-bond donors (Lipinski definition) is 2. The van der Waals surface area contributed by atoms with Gasteiger partial charge in [0.2, 0.25) is 0 Å². The van der Waals surface area contributed by atoms with E-state index in [0.717, 1.165) is 19.6 Å². The van der Waals surface area contributed by atoms with Crippen LogP contribution in [0.4, 0.5) is 5.82 Å². The fourth-order valence-corrected chi connectivity index (χ4v) is 2.34. The first-order chi connectivity index (χ1) is 9.50. The normalized spacial score (nSPS) is 22.4. The molecule has 1 aliphatic rings. The summed E-state index contributed by atoms with van der Waals surface area (Å²) in [5.74, 6) is 0.583. The number of nitrogens with one attached hydrogen (secondary N) is 2. The van der Waals surface area contributed by atoms with Gasteiger partial charge in [0.1, 0.15) is 5.82 Å². The van der Waals surface area contributed by atoms with Crippen LogP contribution in [0.25, 0.3) is 0 Å². The van der Waals surface area contributed by atoms with E-state index in [4.69, 9.17) is 0 Å². The molecule has 2 N–H and O–H groups in total. The SMILES string of the molecule is CN(C)C(=O)c1ccc(NCC2(C)CCCNC2)nn1. The molecule has 1 aromatic rings. The molecule has 20 heavy (non-hydrogen) atoms. The summed E-state index contributed by atoms with van der Waals surface area (Å²) in [5, 5.41) is 14.8. The summed E-state index contributed by atoms with van der Waals surface area (Å²) in [6, 6.07) is 3.52. The smallest absolute Gasteiger partial charge is 0.273 e. The molecular weight excluding hydrogens is 254 g/mol. The van der Waals surface area contributed by atoms with E-state index in [2.05, 4.69) is 27.8 Å². The summed E-state index contributed by atoms with van der Waals surface area (Å²) >= 11 is 0. The van der Waals surface area contributed by atoms with Gasteiger partial charge in [0.25, 0.3) is 5.91 Å². The molecule has 1 aromatic heterocycles. The van der Waals surface area contributed by atoms with Crippen LogP contribution in [-0.4, -0.2) is 54.7 Å². The predicted molar refractivity (Wildman–Crippen MR) is 78.7 cm³/mol. The van der Waals surface area contributed by atoms with Gasteiger partial charge in [0.05, 0.1) is 0 Å². The summed E-state index contributed by atoms with van der Waals surface area (Å²) in [4.78, 5) is 13.2. The van der Waals surface area contributed by atoms with Crippen LogP contribution in [0, 0.1) is 5.41 Å². The zero-order valence-corrected chi connectivity index (χ0v) is 12.4. The molecule has 1 unspecified atom stereocenters. The Labute approximate surface area is 120 Å². The molecule has 2 rings (SSSR count). The minimum absolute atomic E-state index is 0.132. The van der Waals surface area contributed by atoms with Crippen molar-refractivity contribution in [3.8, 4) is 0 Å². The Hall–Kier alpha value is -1.69. The molecule has 1 saturated heterocycles. The van der Waals surface area contributed by atoms with Crippen molar-refractivity contribution >= 4 is 11.7 Å². The summed E-state index contributed by atoms with van der Waals surface area (Å²) in [7, 11) is 3.40. The molecule has 0 aliphatic carbocycles. The van der Waals surface area contributed by atoms with Crippen LogP contribution < -0.4 is 10.6 Å². The van der Waals surface area contributed by atoms with Gasteiger partial charge in [-0.3, -0.25) is 4.79 Å². The lowest BCUT2D eigenvalue weighted by Crippen LogP contribution is -2.42. The second-order valence-corrected chi connectivity index (χ2v) is 5.95. The lowest BCUT2D eigenvalue weighted by molar-refractivity contribution is 0.0821. The average molecular weight is 277 g/mol. The fraction of sp³-hybridized carbons (Fsp3) is 0.643. The minimum Gasteiger partial charge on any atom is -0.368 e. The first kappa shape index (κ1) is 14.7. The van der Waals surface area contributed by atoms with Crippen molar-refractivity contribution in [2.24, 2.45) is 5.41 Å². The third-order valence-electron chi connectivity index (χ3n) is 3.67. The maximum absolute atomic E-state index is 11.7. The Morgan fingerprint density at radius 1 is 1.45 bits per heavy atom. The molecule has 0 saturated carbocycles. The zero-order chi connectivity index (χ0) is 14.6. The maximum atomic E-state index is 11.7. The Morgan fingerprint density at radius 2 is 2.25 bits per heavy atom. The lowest BCUT2D eigenvalue weighted by atomic mass is 9.83. The highest BCUT2D eigenvalue weighted by atomic mass is 16.2. The average Bonchev–Trinajstić information content (AvgIpc) is 2.46. The molecule has 0 bridgehead atoms. The molecular formula is C14H23N5O. The summed E-state index contributed by atoms with van der Waals surface area (Å²) in [5.41, 5.74) is 0.615. The molecule has 0 aromatic carbocycles. The molecule has 1 atom stereocenters. The number of aromatic nitrogens is 2. The number of hydrogen-bond acceptors (Lipinski definition) is 5. The van der Waals surface area contributed by atoms with Crippen molar-refractivity contribution in [2.45, 2.75) is 19.8 Å². The number of rotatable bonds is 4. The van der Waals surface area contributed by atoms with E-state index in [1.54, 1.807) is 20.2 Å². The van der Waals surface area contributed by atoms with Gasteiger partial charge in [-0.1, -0.05) is 6.92 Å². The van der Waals surface area contributed by atoms with Crippen LogP contribution in [0.5, 0.6) is 0 Å². The Kier molecular flexibility index (Phi) is 4.54. The molecule has 0 radical (unpaired) electrons.